The van der Waals surface area contributed by atoms with Gasteiger partial charge in [0.05, 0.1) is 17.6 Å². The van der Waals surface area contributed by atoms with Crippen LogP contribution in [0.1, 0.15) is 53.1 Å². The first kappa shape index (κ1) is 30.2. The SMILES string of the molecule is CCN(CC)CCNC(=O)c1c(C)[nH]c(/[14CH]=C2\C(=O)Nc3ccc(F)cc32)c1C.O=C(O)C[C@H](O)C(=O)O. The van der Waals surface area contributed by atoms with Gasteiger partial charge in [0.1, 0.15) is 5.82 Å². The molecule has 0 aliphatic carbocycles. The summed E-state index contributed by atoms with van der Waals surface area (Å²) in [5.41, 5.74) is 4.20. The van der Waals surface area contributed by atoms with Crippen LogP contribution in [0.15, 0.2) is 18.2 Å². The largest absolute Gasteiger partial charge is 0.481 e. The smallest absolute Gasteiger partial charge is 0.333 e. The number of rotatable bonds is 10. The van der Waals surface area contributed by atoms with Crippen molar-refractivity contribution in [1.82, 2.24) is 15.2 Å². The van der Waals surface area contributed by atoms with Crippen LogP contribution in [0.3, 0.4) is 0 Å². The van der Waals surface area contributed by atoms with E-state index in [9.17, 15) is 23.6 Å². The molecule has 1 aromatic carbocycles. The number of aryl methyl sites for hydroxylation is 1. The van der Waals surface area contributed by atoms with Crippen molar-refractivity contribution in [2.75, 3.05) is 31.5 Å². The number of carboxylic acids is 2. The molecule has 2 amide bonds. The molecule has 12 heteroatoms. The Hall–Kier alpha value is -4.03. The average molecular weight is 535 g/mol. The molecule has 1 atom stereocenters. The van der Waals surface area contributed by atoms with Gasteiger partial charge in [-0.15, -0.1) is 0 Å². The number of aliphatic carboxylic acids is 2. The van der Waals surface area contributed by atoms with Gasteiger partial charge < -0.3 is 35.8 Å². The van der Waals surface area contributed by atoms with E-state index in [4.69, 9.17) is 15.3 Å². The minimum Gasteiger partial charge on any atom is -0.481 e. The van der Waals surface area contributed by atoms with Crippen molar-refractivity contribution in [3.63, 3.8) is 0 Å². The molecular weight excluding hydrogens is 501 g/mol. The Balaban J connectivity index is 0.000000484. The minimum atomic E-state index is -1.79. The highest BCUT2D eigenvalue weighted by molar-refractivity contribution is 6.34. The van der Waals surface area contributed by atoms with Crippen molar-refractivity contribution >= 4 is 41.1 Å². The first-order valence-electron chi connectivity index (χ1n) is 12.0. The van der Waals surface area contributed by atoms with Crippen LogP contribution in [0.2, 0.25) is 0 Å². The van der Waals surface area contributed by atoms with E-state index in [1.807, 2.05) is 13.8 Å². The lowest BCUT2D eigenvalue weighted by Gasteiger charge is -2.18. The molecule has 6 N–H and O–H groups in total. The number of hydrogen-bond donors (Lipinski definition) is 6. The van der Waals surface area contributed by atoms with Crippen molar-refractivity contribution in [1.29, 1.82) is 0 Å². The maximum Gasteiger partial charge on any atom is 0.333 e. The number of hydrogen-bond acceptors (Lipinski definition) is 6. The molecule has 1 aliphatic heterocycles. The van der Waals surface area contributed by atoms with E-state index in [0.717, 1.165) is 30.9 Å². The lowest BCUT2D eigenvalue weighted by Crippen LogP contribution is -2.35. The predicted molar refractivity (Wildman–Crippen MR) is 139 cm³/mol. The van der Waals surface area contributed by atoms with Crippen LogP contribution in [0.5, 0.6) is 0 Å². The Morgan fingerprint density at radius 2 is 1.82 bits per heavy atom. The van der Waals surface area contributed by atoms with Crippen molar-refractivity contribution in [3.8, 4) is 0 Å². The molecule has 38 heavy (non-hydrogen) atoms. The normalized spacial score (nSPS) is 14.0. The third-order valence-electron chi connectivity index (χ3n) is 6.02. The predicted octanol–water partition coefficient (Wildman–Crippen LogP) is 2.24. The fourth-order valence-electron chi connectivity index (χ4n) is 3.92. The van der Waals surface area contributed by atoms with E-state index < -0.39 is 30.3 Å². The number of carboxylic acid groups (broad SMARTS) is 2. The molecule has 0 bridgehead atoms. The highest BCUT2D eigenvalue weighted by atomic mass is 19.1. The monoisotopic (exact) mass is 534 g/mol. The number of benzene rings is 1. The molecule has 0 fully saturated rings. The Bertz CT molecular complexity index is 1230. The third kappa shape index (κ3) is 7.73. The number of nitrogens with one attached hydrogen (secondary N) is 3. The fourth-order valence-corrected chi connectivity index (χ4v) is 3.92. The second kappa shape index (κ2) is 13.5. The van der Waals surface area contributed by atoms with Crippen LogP contribution in [0.25, 0.3) is 11.6 Å². The summed E-state index contributed by atoms with van der Waals surface area (Å²) >= 11 is 0. The highest BCUT2D eigenvalue weighted by Crippen LogP contribution is 2.34. The number of amides is 2. The summed E-state index contributed by atoms with van der Waals surface area (Å²) in [6, 6.07) is 4.20. The fraction of sp³-hybridized carbons (Fsp3) is 0.385. The second-order valence-corrected chi connectivity index (χ2v) is 8.60. The molecule has 206 valence electrons. The number of carbonyl (C=O) groups is 4. The van der Waals surface area contributed by atoms with Gasteiger partial charge in [0.2, 0.25) is 0 Å². The average Bonchev–Trinajstić information content (AvgIpc) is 3.31. The topological polar surface area (TPSA) is 172 Å². The van der Waals surface area contributed by atoms with Crippen LogP contribution in [-0.4, -0.2) is 81.2 Å². The number of aromatic amines is 1. The lowest BCUT2D eigenvalue weighted by atomic mass is 10.1. The molecule has 0 saturated heterocycles. The van der Waals surface area contributed by atoms with Crippen molar-refractivity contribution in [3.05, 3.63) is 52.1 Å². The highest BCUT2D eigenvalue weighted by Gasteiger charge is 2.26. The Kier molecular flexibility index (Phi) is 10.7. The number of anilines is 1. The van der Waals surface area contributed by atoms with Gasteiger partial charge in [0, 0.05) is 35.7 Å². The number of aromatic nitrogens is 1. The van der Waals surface area contributed by atoms with E-state index in [2.05, 4.69) is 34.4 Å². The van der Waals surface area contributed by atoms with E-state index in [1.54, 1.807) is 12.1 Å². The van der Waals surface area contributed by atoms with E-state index in [-0.39, 0.29) is 11.8 Å². The number of fused-ring (bicyclic) bond motifs is 1. The number of aliphatic hydroxyl groups is 1. The Labute approximate surface area is 219 Å². The minimum absolute atomic E-state index is 0.143. The molecule has 11 nitrogen and oxygen atoms in total. The van der Waals surface area contributed by atoms with Gasteiger partial charge in [-0.25, -0.2) is 9.18 Å². The van der Waals surface area contributed by atoms with Gasteiger partial charge in [-0.1, -0.05) is 13.8 Å². The summed E-state index contributed by atoms with van der Waals surface area (Å²) in [4.78, 5) is 49.9. The summed E-state index contributed by atoms with van der Waals surface area (Å²) in [5.74, 6) is -3.68. The van der Waals surface area contributed by atoms with Crippen molar-refractivity contribution in [2.45, 2.75) is 40.2 Å². The standard InChI is InChI=1S/C22H27FN4O2.C4H6O5/c1-5-27(6-2)10-9-24-22(29)20-13(3)19(25-14(20)4)12-17-16-11-15(23)7-8-18(16)26-21(17)28;5-2(4(8)9)1-3(6)7/h7-8,11-12,25H,5-6,9-10H2,1-4H3,(H,24,29)(H,26,28);2,5H,1H2,(H,6,7)(H,8,9)/b17-12-;/t;2-/m.0/s1/i12+2;. The summed E-state index contributed by atoms with van der Waals surface area (Å²) in [5, 5.41) is 29.8. The zero-order valence-corrected chi connectivity index (χ0v) is 21.7. The van der Waals surface area contributed by atoms with E-state index in [1.165, 1.54) is 12.1 Å². The first-order valence-corrected chi connectivity index (χ1v) is 12.0. The molecular formula is C26H33FN4O7. The number of aliphatic hydroxyl groups excluding tert-OH is 1. The number of carbonyl (C=O) groups excluding carboxylic acids is 2. The van der Waals surface area contributed by atoms with Crippen molar-refractivity contribution in [2.24, 2.45) is 0 Å². The van der Waals surface area contributed by atoms with Crippen LogP contribution in [0, 0.1) is 19.7 Å². The summed E-state index contributed by atoms with van der Waals surface area (Å²) in [6.07, 6.45) is -0.868. The van der Waals surface area contributed by atoms with Crippen LogP contribution in [0.4, 0.5) is 10.1 Å². The zero-order chi connectivity index (χ0) is 28.6. The Morgan fingerprint density at radius 1 is 1.16 bits per heavy atom. The molecule has 1 aromatic heterocycles. The maximum absolute atomic E-state index is 13.7. The van der Waals surface area contributed by atoms with Gasteiger partial charge >= 0.3 is 11.9 Å². The third-order valence-corrected chi connectivity index (χ3v) is 6.02. The zero-order valence-electron chi connectivity index (χ0n) is 21.7. The number of H-pyrrole nitrogens is 1. The number of likely N-dealkylation sites (N-methyl/N-ethyl adjacent to an activating group) is 1. The van der Waals surface area contributed by atoms with E-state index in [0.29, 0.717) is 34.6 Å². The molecule has 1 aliphatic rings. The molecule has 0 unspecified atom stereocenters. The first-order chi connectivity index (χ1) is 17.9. The summed E-state index contributed by atoms with van der Waals surface area (Å²) in [7, 11) is 0. The lowest BCUT2D eigenvalue weighted by molar-refractivity contribution is -0.152. The van der Waals surface area contributed by atoms with Crippen molar-refractivity contribution < 1.29 is 38.9 Å². The molecule has 3 rings (SSSR count). The molecule has 0 spiro atoms. The van der Waals surface area contributed by atoms with Crippen LogP contribution >= 0.6 is 0 Å². The Morgan fingerprint density at radius 3 is 2.37 bits per heavy atom. The van der Waals surface area contributed by atoms with Gasteiger partial charge in [-0.05, 0) is 56.8 Å². The van der Waals surface area contributed by atoms with Gasteiger partial charge in [0.25, 0.3) is 11.8 Å². The quantitative estimate of drug-likeness (QED) is 0.252. The molecule has 0 radical (unpaired) electrons. The van der Waals surface area contributed by atoms with Gasteiger partial charge in [0.15, 0.2) is 6.10 Å². The van der Waals surface area contributed by atoms with Crippen LogP contribution in [-0.2, 0) is 14.4 Å². The molecule has 2 heterocycles. The molecule has 2 aromatic rings. The van der Waals surface area contributed by atoms with Gasteiger partial charge in [-0.3, -0.25) is 14.4 Å². The number of halogens is 1. The van der Waals surface area contributed by atoms with Crippen LogP contribution < -0.4 is 10.6 Å². The van der Waals surface area contributed by atoms with Gasteiger partial charge in [-0.2, -0.15) is 0 Å². The van der Waals surface area contributed by atoms with E-state index >= 15 is 0 Å². The molecule has 0 saturated carbocycles. The second-order valence-electron chi connectivity index (χ2n) is 8.60. The summed E-state index contributed by atoms with van der Waals surface area (Å²) in [6.45, 7) is 11.1. The maximum atomic E-state index is 13.7. The number of nitrogens with zero attached hydrogens (tertiary/aromatic N) is 1. The summed E-state index contributed by atoms with van der Waals surface area (Å²) < 4.78 is 13.7.